The Morgan fingerprint density at radius 3 is 2.07 bits per heavy atom. The summed E-state index contributed by atoms with van der Waals surface area (Å²) in [5, 5.41) is 0. The molecule has 0 aromatic heterocycles. The number of carbonyl (C=O) groups is 2. The number of imide groups is 1. The van der Waals surface area contributed by atoms with Crippen LogP contribution in [0.3, 0.4) is 0 Å². The Bertz CT molecular complexity index is 587. The summed E-state index contributed by atoms with van der Waals surface area (Å²) in [4.78, 5) is 26.0. The normalized spacial score (nSPS) is 17.6. The van der Waals surface area contributed by atoms with E-state index in [1.807, 2.05) is 12.1 Å². The maximum Gasteiger partial charge on any atom is 0.261 e. The molecule has 0 spiro atoms. The zero-order valence-electron chi connectivity index (χ0n) is 16.5. The number of nitrogens with zero attached hydrogens (tertiary/aromatic N) is 1. The minimum Gasteiger partial charge on any atom is -0.381 e. The molecule has 1 heterocycles. The van der Waals surface area contributed by atoms with Crippen molar-refractivity contribution in [3.63, 3.8) is 0 Å². The van der Waals surface area contributed by atoms with Gasteiger partial charge in [-0.2, -0.15) is 0 Å². The molecule has 3 rings (SSSR count). The van der Waals surface area contributed by atoms with E-state index >= 15 is 0 Å². The van der Waals surface area contributed by atoms with Gasteiger partial charge in [-0.1, -0.05) is 57.1 Å². The van der Waals surface area contributed by atoms with Crippen LogP contribution in [0.5, 0.6) is 0 Å². The van der Waals surface area contributed by atoms with Gasteiger partial charge in [0.15, 0.2) is 0 Å². The predicted octanol–water partition coefficient (Wildman–Crippen LogP) is 5.22. The van der Waals surface area contributed by atoms with Crippen molar-refractivity contribution in [2.24, 2.45) is 5.92 Å². The third kappa shape index (κ3) is 5.65. The molecule has 2 amide bonds. The third-order valence-corrected chi connectivity index (χ3v) is 5.88. The second kappa shape index (κ2) is 10.6. The van der Waals surface area contributed by atoms with E-state index in [1.54, 1.807) is 12.1 Å². The van der Waals surface area contributed by atoms with E-state index in [9.17, 15) is 9.59 Å². The van der Waals surface area contributed by atoms with Crippen molar-refractivity contribution < 1.29 is 14.3 Å². The summed E-state index contributed by atoms with van der Waals surface area (Å²) < 4.78 is 5.84. The van der Waals surface area contributed by atoms with Crippen molar-refractivity contribution in [2.45, 2.75) is 70.6 Å². The first-order valence-corrected chi connectivity index (χ1v) is 10.8. The van der Waals surface area contributed by atoms with E-state index in [2.05, 4.69) is 0 Å². The van der Waals surface area contributed by atoms with Gasteiger partial charge < -0.3 is 4.74 Å². The molecule has 1 aliphatic carbocycles. The Kier molecular flexibility index (Phi) is 7.88. The minimum absolute atomic E-state index is 0.134. The fourth-order valence-electron chi connectivity index (χ4n) is 4.23. The molecular formula is C23H33NO3. The molecule has 4 heteroatoms. The smallest absolute Gasteiger partial charge is 0.261 e. The highest BCUT2D eigenvalue weighted by atomic mass is 16.5. The lowest BCUT2D eigenvalue weighted by Gasteiger charge is -2.21. The Balaban J connectivity index is 1.19. The first-order chi connectivity index (χ1) is 13.3. The monoisotopic (exact) mass is 371 g/mol. The van der Waals surface area contributed by atoms with Crippen LogP contribution in [0.1, 0.15) is 91.3 Å². The highest BCUT2D eigenvalue weighted by molar-refractivity contribution is 6.21. The van der Waals surface area contributed by atoms with Gasteiger partial charge in [-0.3, -0.25) is 14.5 Å². The average Bonchev–Trinajstić information content (AvgIpc) is 2.95. The van der Waals surface area contributed by atoms with Gasteiger partial charge in [0.05, 0.1) is 11.1 Å². The van der Waals surface area contributed by atoms with E-state index in [4.69, 9.17) is 4.74 Å². The van der Waals surface area contributed by atoms with Gasteiger partial charge in [-0.25, -0.2) is 0 Å². The largest absolute Gasteiger partial charge is 0.381 e. The van der Waals surface area contributed by atoms with Gasteiger partial charge in [0, 0.05) is 19.8 Å². The van der Waals surface area contributed by atoms with Gasteiger partial charge in [0.2, 0.25) is 0 Å². The van der Waals surface area contributed by atoms with Crippen LogP contribution >= 0.6 is 0 Å². The first kappa shape index (κ1) is 20.1. The number of fused-ring (bicyclic) bond motifs is 1. The zero-order chi connectivity index (χ0) is 18.9. The number of carbonyl (C=O) groups excluding carboxylic acids is 2. The minimum atomic E-state index is -0.134. The number of unbranched alkanes of at least 4 members (excludes halogenated alkanes) is 5. The van der Waals surface area contributed by atoms with Crippen molar-refractivity contribution in [2.75, 3.05) is 19.8 Å². The SMILES string of the molecule is O=C1c2ccccc2C(=O)N1CCCCCCCCOCC1CCCCC1. The maximum absolute atomic E-state index is 12.3. The predicted molar refractivity (Wildman–Crippen MR) is 107 cm³/mol. The molecule has 1 aromatic rings. The number of rotatable bonds is 11. The van der Waals surface area contributed by atoms with Crippen LogP contribution in [0.2, 0.25) is 0 Å². The van der Waals surface area contributed by atoms with Crippen LogP contribution < -0.4 is 0 Å². The highest BCUT2D eigenvalue weighted by Gasteiger charge is 2.34. The van der Waals surface area contributed by atoms with Gasteiger partial charge in [0.1, 0.15) is 0 Å². The average molecular weight is 372 g/mol. The molecule has 0 bridgehead atoms. The van der Waals surface area contributed by atoms with Crippen molar-refractivity contribution in [3.05, 3.63) is 35.4 Å². The van der Waals surface area contributed by atoms with Crippen molar-refractivity contribution in [1.82, 2.24) is 4.90 Å². The first-order valence-electron chi connectivity index (χ1n) is 10.8. The van der Waals surface area contributed by atoms with E-state index in [1.165, 1.54) is 49.8 Å². The number of amides is 2. The van der Waals surface area contributed by atoms with Gasteiger partial charge in [0.25, 0.3) is 11.8 Å². The molecule has 0 N–H and O–H groups in total. The van der Waals surface area contributed by atoms with Crippen LogP contribution in [0.4, 0.5) is 0 Å². The van der Waals surface area contributed by atoms with E-state index < -0.39 is 0 Å². The molecule has 0 radical (unpaired) electrons. The fraction of sp³-hybridized carbons (Fsp3) is 0.652. The highest BCUT2D eigenvalue weighted by Crippen LogP contribution is 2.24. The number of hydrogen-bond donors (Lipinski definition) is 0. The molecule has 1 fully saturated rings. The van der Waals surface area contributed by atoms with Crippen molar-refractivity contribution in [3.8, 4) is 0 Å². The molecule has 2 aliphatic rings. The van der Waals surface area contributed by atoms with E-state index in [-0.39, 0.29) is 11.8 Å². The Hall–Kier alpha value is -1.68. The fourth-order valence-corrected chi connectivity index (χ4v) is 4.23. The molecule has 1 saturated carbocycles. The van der Waals surface area contributed by atoms with Crippen LogP contribution in [0.15, 0.2) is 24.3 Å². The van der Waals surface area contributed by atoms with Crippen molar-refractivity contribution in [1.29, 1.82) is 0 Å². The molecule has 148 valence electrons. The van der Waals surface area contributed by atoms with Gasteiger partial charge in [-0.05, 0) is 43.7 Å². The third-order valence-electron chi connectivity index (χ3n) is 5.88. The summed E-state index contributed by atoms with van der Waals surface area (Å²) >= 11 is 0. The van der Waals surface area contributed by atoms with Crippen LogP contribution in [0.25, 0.3) is 0 Å². The summed E-state index contributed by atoms with van der Waals surface area (Å²) in [7, 11) is 0. The Morgan fingerprint density at radius 1 is 0.815 bits per heavy atom. The molecule has 1 aliphatic heterocycles. The van der Waals surface area contributed by atoms with Crippen LogP contribution in [-0.2, 0) is 4.74 Å². The molecule has 4 nitrogen and oxygen atoms in total. The molecular weight excluding hydrogens is 338 g/mol. The second-order valence-electron chi connectivity index (χ2n) is 8.01. The summed E-state index contributed by atoms with van der Waals surface area (Å²) in [6.45, 7) is 2.39. The van der Waals surface area contributed by atoms with Crippen LogP contribution in [0, 0.1) is 5.92 Å². The van der Waals surface area contributed by atoms with Crippen molar-refractivity contribution >= 4 is 11.8 Å². The lowest BCUT2D eigenvalue weighted by molar-refractivity contribution is 0.0651. The van der Waals surface area contributed by atoms with Gasteiger partial charge >= 0.3 is 0 Å². The second-order valence-corrected chi connectivity index (χ2v) is 8.01. The topological polar surface area (TPSA) is 46.6 Å². The van der Waals surface area contributed by atoms with E-state index in [0.717, 1.165) is 44.8 Å². The molecule has 0 unspecified atom stereocenters. The van der Waals surface area contributed by atoms with Crippen LogP contribution in [-0.4, -0.2) is 36.5 Å². The number of benzene rings is 1. The Morgan fingerprint density at radius 2 is 1.41 bits per heavy atom. The molecule has 0 atom stereocenters. The zero-order valence-corrected chi connectivity index (χ0v) is 16.5. The lowest BCUT2D eigenvalue weighted by Crippen LogP contribution is -2.30. The summed E-state index contributed by atoms with van der Waals surface area (Å²) in [6.07, 6.45) is 13.6. The number of hydrogen-bond acceptors (Lipinski definition) is 3. The molecule has 27 heavy (non-hydrogen) atoms. The van der Waals surface area contributed by atoms with Gasteiger partial charge in [-0.15, -0.1) is 0 Å². The summed E-state index contributed by atoms with van der Waals surface area (Å²) in [5.74, 6) is 0.539. The maximum atomic E-state index is 12.3. The summed E-state index contributed by atoms with van der Waals surface area (Å²) in [6, 6.07) is 7.11. The molecule has 1 aromatic carbocycles. The Labute approximate surface area is 163 Å². The molecule has 0 saturated heterocycles. The summed E-state index contributed by atoms with van der Waals surface area (Å²) in [5.41, 5.74) is 1.10. The lowest BCUT2D eigenvalue weighted by atomic mass is 9.90. The standard InChI is InChI=1S/C23H33NO3/c25-22-20-14-8-9-15-21(20)23(26)24(22)16-10-3-1-2-4-11-17-27-18-19-12-6-5-7-13-19/h8-9,14-15,19H,1-7,10-13,16-18H2. The quantitative estimate of drug-likeness (QED) is 0.396. The van der Waals surface area contributed by atoms with E-state index in [0.29, 0.717) is 17.7 Å². The number of ether oxygens (including phenoxy) is 1.